The van der Waals surface area contributed by atoms with E-state index in [2.05, 4.69) is 9.97 Å². The number of hydrogen-bond donors (Lipinski definition) is 0. The number of hydrogen-bond acceptors (Lipinski definition) is 6. The highest BCUT2D eigenvalue weighted by molar-refractivity contribution is 6.34. The highest BCUT2D eigenvalue weighted by atomic mass is 35.5. The molecule has 134 valence electrons. The van der Waals surface area contributed by atoms with Gasteiger partial charge in [-0.2, -0.15) is 0 Å². The summed E-state index contributed by atoms with van der Waals surface area (Å²) in [5.74, 6) is 1.82. The van der Waals surface area contributed by atoms with Gasteiger partial charge in [-0.15, -0.1) is 0 Å². The van der Waals surface area contributed by atoms with Gasteiger partial charge in [-0.1, -0.05) is 11.6 Å². The third kappa shape index (κ3) is 4.26. The summed E-state index contributed by atoms with van der Waals surface area (Å²) in [6.07, 6.45) is 1.59. The zero-order valence-electron chi connectivity index (χ0n) is 14.3. The molecular formula is C17H19Cl2N3O3. The van der Waals surface area contributed by atoms with Crippen LogP contribution in [0.5, 0.6) is 11.5 Å². The summed E-state index contributed by atoms with van der Waals surface area (Å²) in [7, 11) is 0. The first-order valence-corrected chi connectivity index (χ1v) is 8.59. The van der Waals surface area contributed by atoms with Gasteiger partial charge in [0.1, 0.15) is 11.5 Å². The van der Waals surface area contributed by atoms with Crippen LogP contribution in [0.3, 0.4) is 0 Å². The van der Waals surface area contributed by atoms with Crippen molar-refractivity contribution in [1.82, 2.24) is 9.97 Å². The van der Waals surface area contributed by atoms with Crippen LogP contribution in [0.2, 0.25) is 10.3 Å². The molecular weight excluding hydrogens is 365 g/mol. The molecule has 6 nitrogen and oxygen atoms in total. The molecule has 0 aliphatic carbocycles. The summed E-state index contributed by atoms with van der Waals surface area (Å²) in [5, 5.41) is 0.676. The van der Waals surface area contributed by atoms with Crippen LogP contribution in [0.1, 0.15) is 20.8 Å². The first kappa shape index (κ1) is 18.0. The number of halogens is 2. The van der Waals surface area contributed by atoms with Crippen molar-refractivity contribution in [3.8, 4) is 11.5 Å². The highest BCUT2D eigenvalue weighted by Crippen LogP contribution is 2.47. The van der Waals surface area contributed by atoms with E-state index in [1.54, 1.807) is 24.4 Å². The fraction of sp³-hybridized carbons (Fsp3) is 0.412. The van der Waals surface area contributed by atoms with Crippen molar-refractivity contribution in [1.29, 1.82) is 0 Å². The first-order chi connectivity index (χ1) is 11.8. The van der Waals surface area contributed by atoms with Crippen LogP contribution in [-0.2, 0) is 4.74 Å². The van der Waals surface area contributed by atoms with Crippen LogP contribution >= 0.6 is 23.2 Å². The average Bonchev–Trinajstić information content (AvgIpc) is 3.00. The molecule has 0 radical (unpaired) electrons. The predicted octanol–water partition coefficient (Wildman–Crippen LogP) is 4.47. The maximum Gasteiger partial charge on any atom is 0.231 e. The van der Waals surface area contributed by atoms with Crippen molar-refractivity contribution in [2.45, 2.75) is 26.4 Å². The summed E-state index contributed by atoms with van der Waals surface area (Å²) in [6, 6.07) is 5.31. The van der Waals surface area contributed by atoms with Gasteiger partial charge in [0.05, 0.1) is 17.2 Å². The molecule has 0 saturated carbocycles. The second kappa shape index (κ2) is 7.23. The summed E-state index contributed by atoms with van der Waals surface area (Å²) in [6.45, 7) is 7.13. The fourth-order valence-corrected chi connectivity index (χ4v) is 2.84. The van der Waals surface area contributed by atoms with Gasteiger partial charge in [-0.3, -0.25) is 0 Å². The summed E-state index contributed by atoms with van der Waals surface area (Å²) < 4.78 is 16.9. The third-order valence-electron chi connectivity index (χ3n) is 3.47. The van der Waals surface area contributed by atoms with Crippen molar-refractivity contribution < 1.29 is 14.2 Å². The third-order valence-corrected chi connectivity index (χ3v) is 3.96. The SMILES string of the molecule is CC(C)(C)OCCN(c1ccnc(Cl)n1)c1c(Cl)ccc2c1OCO2. The molecule has 8 heteroatoms. The van der Waals surface area contributed by atoms with Crippen molar-refractivity contribution in [3.63, 3.8) is 0 Å². The number of benzene rings is 1. The van der Waals surface area contributed by atoms with E-state index in [0.717, 1.165) is 0 Å². The van der Waals surface area contributed by atoms with Gasteiger partial charge >= 0.3 is 0 Å². The largest absolute Gasteiger partial charge is 0.454 e. The first-order valence-electron chi connectivity index (χ1n) is 7.83. The topological polar surface area (TPSA) is 56.7 Å². The van der Waals surface area contributed by atoms with Gasteiger partial charge in [0, 0.05) is 12.7 Å². The van der Waals surface area contributed by atoms with Crippen molar-refractivity contribution in [2.75, 3.05) is 24.8 Å². The molecule has 0 spiro atoms. The molecule has 0 atom stereocenters. The molecule has 2 aromatic rings. The van der Waals surface area contributed by atoms with Crippen LogP contribution in [0.15, 0.2) is 24.4 Å². The summed E-state index contributed by atoms with van der Waals surface area (Å²) in [4.78, 5) is 10.1. The van der Waals surface area contributed by atoms with Crippen molar-refractivity contribution in [3.05, 3.63) is 34.7 Å². The van der Waals surface area contributed by atoms with Gasteiger partial charge in [0.25, 0.3) is 0 Å². The van der Waals surface area contributed by atoms with Crippen LogP contribution in [0.4, 0.5) is 11.5 Å². The number of anilines is 2. The van der Waals surface area contributed by atoms with E-state index in [4.69, 9.17) is 37.4 Å². The maximum absolute atomic E-state index is 6.47. The smallest absolute Gasteiger partial charge is 0.231 e. The second-order valence-electron chi connectivity index (χ2n) is 6.43. The van der Waals surface area contributed by atoms with E-state index in [0.29, 0.717) is 41.2 Å². The second-order valence-corrected chi connectivity index (χ2v) is 7.17. The molecule has 0 unspecified atom stereocenters. The van der Waals surface area contributed by atoms with Gasteiger partial charge in [0.15, 0.2) is 11.5 Å². The minimum absolute atomic E-state index is 0.152. The van der Waals surface area contributed by atoms with E-state index in [9.17, 15) is 0 Å². The number of aromatic nitrogens is 2. The molecule has 0 fully saturated rings. The van der Waals surface area contributed by atoms with Crippen LogP contribution in [-0.4, -0.2) is 35.5 Å². The lowest BCUT2D eigenvalue weighted by Gasteiger charge is -2.28. The molecule has 25 heavy (non-hydrogen) atoms. The molecule has 0 saturated heterocycles. The van der Waals surface area contributed by atoms with Gasteiger partial charge in [-0.05, 0) is 50.6 Å². The Labute approximate surface area is 156 Å². The zero-order chi connectivity index (χ0) is 18.0. The molecule has 1 aliphatic heterocycles. The highest BCUT2D eigenvalue weighted by Gasteiger charge is 2.26. The Morgan fingerprint density at radius 3 is 2.72 bits per heavy atom. The van der Waals surface area contributed by atoms with Gasteiger partial charge < -0.3 is 19.1 Å². The Kier molecular flexibility index (Phi) is 5.22. The van der Waals surface area contributed by atoms with E-state index in [1.165, 1.54) is 0 Å². The lowest BCUT2D eigenvalue weighted by Crippen LogP contribution is -2.28. The Balaban J connectivity index is 1.98. The fourth-order valence-electron chi connectivity index (χ4n) is 2.45. The zero-order valence-corrected chi connectivity index (χ0v) is 15.8. The van der Waals surface area contributed by atoms with Gasteiger partial charge in [-0.25, -0.2) is 9.97 Å². The number of rotatable bonds is 5. The maximum atomic E-state index is 6.47. The standard InChI is InChI=1S/C17H19Cl2N3O3/c1-17(2,3)25-9-8-22(13-6-7-20-16(19)21-13)14-11(18)4-5-12-15(14)24-10-23-12/h4-7H,8-10H2,1-3H3. The Hall–Kier alpha value is -1.76. The monoisotopic (exact) mass is 383 g/mol. The minimum atomic E-state index is -0.253. The van der Waals surface area contributed by atoms with Crippen molar-refractivity contribution >= 4 is 34.7 Å². The molecule has 1 aromatic heterocycles. The van der Waals surface area contributed by atoms with Crippen LogP contribution in [0.25, 0.3) is 0 Å². The van der Waals surface area contributed by atoms with E-state index in [-0.39, 0.29) is 17.7 Å². The molecule has 0 N–H and O–H groups in total. The summed E-state index contributed by atoms with van der Waals surface area (Å²) in [5.41, 5.74) is 0.417. The Morgan fingerprint density at radius 2 is 2.00 bits per heavy atom. The molecule has 0 bridgehead atoms. The number of fused-ring (bicyclic) bond motifs is 1. The molecule has 3 rings (SSSR count). The molecule has 2 heterocycles. The Morgan fingerprint density at radius 1 is 1.20 bits per heavy atom. The normalized spacial score (nSPS) is 13.2. The van der Waals surface area contributed by atoms with Crippen molar-refractivity contribution in [2.24, 2.45) is 0 Å². The summed E-state index contributed by atoms with van der Waals surface area (Å²) >= 11 is 12.4. The number of ether oxygens (including phenoxy) is 3. The molecule has 1 aromatic carbocycles. The van der Waals surface area contributed by atoms with Crippen LogP contribution < -0.4 is 14.4 Å². The van der Waals surface area contributed by atoms with Crippen LogP contribution in [0, 0.1) is 0 Å². The minimum Gasteiger partial charge on any atom is -0.454 e. The Bertz CT molecular complexity index is 765. The molecule has 0 amide bonds. The average molecular weight is 384 g/mol. The predicted molar refractivity (Wildman–Crippen MR) is 97.3 cm³/mol. The van der Waals surface area contributed by atoms with E-state index in [1.807, 2.05) is 25.7 Å². The lowest BCUT2D eigenvalue weighted by atomic mass is 10.2. The quantitative estimate of drug-likeness (QED) is 0.710. The number of nitrogens with zero attached hydrogens (tertiary/aromatic N) is 3. The van der Waals surface area contributed by atoms with Gasteiger partial charge in [0.2, 0.25) is 12.1 Å². The van der Waals surface area contributed by atoms with E-state index >= 15 is 0 Å². The molecule has 1 aliphatic rings. The lowest BCUT2D eigenvalue weighted by molar-refractivity contribution is 0.00195. The van der Waals surface area contributed by atoms with E-state index < -0.39 is 0 Å².